The fourth-order valence-corrected chi connectivity index (χ4v) is 6.71. The number of carboxylic acids is 1. The summed E-state index contributed by atoms with van der Waals surface area (Å²) in [6, 6.07) is 2.90. The average molecular weight is 510 g/mol. The summed E-state index contributed by atoms with van der Waals surface area (Å²) in [6.07, 6.45) is 0.162. The molecule has 2 amide bonds. The predicted octanol–water partition coefficient (Wildman–Crippen LogP) is 0.499. The van der Waals surface area contributed by atoms with Crippen LogP contribution in [0.4, 0.5) is 0 Å². The fraction of sp³-hybridized carbons (Fsp3) is 0.368. The Balaban J connectivity index is 1.48. The predicted molar refractivity (Wildman–Crippen MR) is 122 cm³/mol. The zero-order chi connectivity index (χ0) is 23.7. The standard InChI is InChI=1S/C19H19N5O6S3/c1-2-23-16(28)14(26)21-22-19(23)33-8-9-7-32-17-12(15(27)24(17)13(9)18(29)30)20-11(25)6-10-4-3-5-31-10/h3-5,12,17H,2,6-8H2,1H3,(H,20,25)(H,21,26)(H,29,30)/t12?,17-/m0/s1. The maximum Gasteiger partial charge on any atom is 0.352 e. The van der Waals surface area contributed by atoms with Crippen LogP contribution >= 0.6 is 34.9 Å². The summed E-state index contributed by atoms with van der Waals surface area (Å²) in [5, 5.41) is 30.8. The number of amides is 2. The lowest BCUT2D eigenvalue weighted by atomic mass is 10.0. The minimum absolute atomic E-state index is 0.114. The number of aromatic nitrogens is 3. The Morgan fingerprint density at radius 2 is 2.12 bits per heavy atom. The van der Waals surface area contributed by atoms with Crippen LogP contribution in [-0.4, -0.2) is 70.6 Å². The second-order valence-electron chi connectivity index (χ2n) is 7.11. The lowest BCUT2D eigenvalue weighted by molar-refractivity contribution is -0.150. The molecule has 14 heteroatoms. The Bertz CT molecular complexity index is 1200. The monoisotopic (exact) mass is 509 g/mol. The molecule has 2 aliphatic rings. The molecule has 1 fully saturated rings. The van der Waals surface area contributed by atoms with Crippen LogP contribution in [0.25, 0.3) is 0 Å². The molecular weight excluding hydrogens is 490 g/mol. The van der Waals surface area contributed by atoms with E-state index in [0.717, 1.165) is 16.6 Å². The molecule has 1 unspecified atom stereocenters. The van der Waals surface area contributed by atoms with Crippen molar-refractivity contribution in [2.45, 2.75) is 36.5 Å². The van der Waals surface area contributed by atoms with Crippen LogP contribution in [0.1, 0.15) is 11.8 Å². The Morgan fingerprint density at radius 1 is 1.33 bits per heavy atom. The quantitative estimate of drug-likeness (QED) is 0.338. The summed E-state index contributed by atoms with van der Waals surface area (Å²) in [6.45, 7) is 1.96. The molecule has 33 heavy (non-hydrogen) atoms. The first-order valence-electron chi connectivity index (χ1n) is 9.82. The smallest absolute Gasteiger partial charge is 0.352 e. The number of nitrogens with zero attached hydrogens (tertiary/aromatic N) is 4. The minimum Gasteiger partial charge on any atom is -0.488 e. The van der Waals surface area contributed by atoms with Crippen molar-refractivity contribution in [2.24, 2.45) is 0 Å². The van der Waals surface area contributed by atoms with Gasteiger partial charge in [-0.25, -0.2) is 4.79 Å². The molecule has 2 aromatic heterocycles. The van der Waals surface area contributed by atoms with Crippen LogP contribution in [0.5, 0.6) is 5.88 Å². The summed E-state index contributed by atoms with van der Waals surface area (Å²) >= 11 is 3.92. The van der Waals surface area contributed by atoms with Crippen molar-refractivity contribution in [1.82, 2.24) is 25.0 Å². The van der Waals surface area contributed by atoms with Crippen molar-refractivity contribution in [3.8, 4) is 5.88 Å². The van der Waals surface area contributed by atoms with E-state index in [1.165, 1.54) is 32.6 Å². The molecule has 0 bridgehead atoms. The van der Waals surface area contributed by atoms with Gasteiger partial charge in [-0.3, -0.25) is 23.9 Å². The lowest BCUT2D eigenvalue weighted by Crippen LogP contribution is -2.70. The molecule has 1 saturated heterocycles. The maximum absolute atomic E-state index is 12.8. The van der Waals surface area contributed by atoms with Crippen molar-refractivity contribution in [3.63, 3.8) is 0 Å². The zero-order valence-electron chi connectivity index (χ0n) is 17.3. The summed E-state index contributed by atoms with van der Waals surface area (Å²) in [5.74, 6) is -2.21. The largest absolute Gasteiger partial charge is 0.488 e. The topological polar surface area (TPSA) is 155 Å². The van der Waals surface area contributed by atoms with Crippen molar-refractivity contribution in [1.29, 1.82) is 0 Å². The van der Waals surface area contributed by atoms with E-state index in [1.807, 2.05) is 17.5 Å². The van der Waals surface area contributed by atoms with E-state index in [-0.39, 0.29) is 35.5 Å². The van der Waals surface area contributed by atoms with Gasteiger partial charge in [-0.05, 0) is 23.9 Å². The SMILES string of the molecule is CCn1c(SCC2=C(C(=O)O)N3C(=O)C(NC(=O)Cc4cccs4)[C@@H]3SC2)nnc(O)c1=O. The fourth-order valence-electron chi connectivity index (χ4n) is 3.52. The molecule has 3 N–H and O–H groups in total. The van der Waals surface area contributed by atoms with Gasteiger partial charge in [-0.2, -0.15) is 0 Å². The van der Waals surface area contributed by atoms with Crippen molar-refractivity contribution in [3.05, 3.63) is 44.0 Å². The Morgan fingerprint density at radius 3 is 2.79 bits per heavy atom. The van der Waals surface area contributed by atoms with Crippen LogP contribution in [0, 0.1) is 0 Å². The lowest BCUT2D eigenvalue weighted by Gasteiger charge is -2.49. The normalized spacial score (nSPS) is 19.8. The first-order chi connectivity index (χ1) is 15.8. The highest BCUT2D eigenvalue weighted by Gasteiger charge is 2.54. The number of aliphatic carboxylic acids is 1. The van der Waals surface area contributed by atoms with Crippen LogP contribution in [0.2, 0.25) is 0 Å². The van der Waals surface area contributed by atoms with Crippen molar-refractivity contribution < 1.29 is 24.6 Å². The molecule has 4 heterocycles. The van der Waals surface area contributed by atoms with Gasteiger partial charge in [0.25, 0.3) is 11.8 Å². The van der Waals surface area contributed by atoms with Gasteiger partial charge in [0, 0.05) is 22.9 Å². The molecule has 2 atom stereocenters. The third kappa shape index (κ3) is 4.50. The number of thioether (sulfide) groups is 2. The van der Waals surface area contributed by atoms with Gasteiger partial charge in [0.2, 0.25) is 5.91 Å². The van der Waals surface area contributed by atoms with Crippen molar-refractivity contribution >= 4 is 52.6 Å². The summed E-state index contributed by atoms with van der Waals surface area (Å²) in [7, 11) is 0. The number of thiophene rings is 1. The molecule has 0 spiro atoms. The Hall–Kier alpha value is -2.84. The molecule has 0 saturated carbocycles. The second kappa shape index (κ2) is 9.57. The number of carbonyl (C=O) groups is 3. The number of aromatic hydroxyl groups is 1. The van der Waals surface area contributed by atoms with E-state index in [4.69, 9.17) is 0 Å². The highest BCUT2D eigenvalue weighted by molar-refractivity contribution is 8.01. The molecule has 2 aromatic rings. The van der Waals surface area contributed by atoms with E-state index in [1.54, 1.807) is 6.92 Å². The molecule has 0 radical (unpaired) electrons. The molecule has 2 aliphatic heterocycles. The van der Waals surface area contributed by atoms with Crippen LogP contribution in [0.15, 0.2) is 38.7 Å². The van der Waals surface area contributed by atoms with E-state index < -0.39 is 34.7 Å². The van der Waals surface area contributed by atoms with Crippen LogP contribution in [0.3, 0.4) is 0 Å². The van der Waals surface area contributed by atoms with Gasteiger partial charge in [-0.15, -0.1) is 33.3 Å². The number of nitrogens with one attached hydrogen (secondary N) is 1. The molecule has 0 aromatic carbocycles. The first kappa shape index (κ1) is 23.3. The summed E-state index contributed by atoms with van der Waals surface area (Å²) < 4.78 is 1.24. The third-order valence-electron chi connectivity index (χ3n) is 5.07. The number of hydrogen-bond donors (Lipinski definition) is 3. The van der Waals surface area contributed by atoms with Gasteiger partial charge in [0.05, 0.1) is 6.42 Å². The number of carbonyl (C=O) groups excluding carboxylic acids is 2. The van der Waals surface area contributed by atoms with E-state index >= 15 is 0 Å². The molecule has 0 aliphatic carbocycles. The highest BCUT2D eigenvalue weighted by atomic mass is 32.2. The zero-order valence-corrected chi connectivity index (χ0v) is 19.7. The average Bonchev–Trinajstić information content (AvgIpc) is 3.30. The summed E-state index contributed by atoms with van der Waals surface area (Å²) in [5.41, 5.74) is -0.299. The molecule has 11 nitrogen and oxygen atoms in total. The number of fused-ring (bicyclic) bond motifs is 1. The number of rotatable bonds is 8. The third-order valence-corrected chi connectivity index (χ3v) is 8.34. The second-order valence-corrected chi connectivity index (χ2v) is 10.2. The Kier molecular flexibility index (Phi) is 6.76. The number of carboxylic acid groups (broad SMARTS) is 1. The summed E-state index contributed by atoms with van der Waals surface area (Å²) in [4.78, 5) is 51.2. The van der Waals surface area contributed by atoms with Gasteiger partial charge >= 0.3 is 11.5 Å². The van der Waals surface area contributed by atoms with E-state index in [0.29, 0.717) is 11.3 Å². The van der Waals surface area contributed by atoms with E-state index in [2.05, 4.69) is 15.5 Å². The Labute approximate surface area is 199 Å². The van der Waals surface area contributed by atoms with Gasteiger partial charge in [0.15, 0.2) is 5.16 Å². The van der Waals surface area contributed by atoms with Gasteiger partial charge in [-0.1, -0.05) is 17.8 Å². The van der Waals surface area contributed by atoms with Gasteiger partial charge in [0.1, 0.15) is 17.1 Å². The first-order valence-corrected chi connectivity index (χ1v) is 12.7. The highest BCUT2D eigenvalue weighted by Crippen LogP contribution is 2.41. The molecule has 4 rings (SSSR count). The van der Waals surface area contributed by atoms with Crippen LogP contribution in [-0.2, 0) is 27.3 Å². The van der Waals surface area contributed by atoms with Crippen LogP contribution < -0.4 is 10.9 Å². The van der Waals surface area contributed by atoms with Crippen molar-refractivity contribution in [2.75, 3.05) is 11.5 Å². The number of hydrogen-bond acceptors (Lipinski definition) is 10. The molecular formula is C19H19N5O6S3. The minimum atomic E-state index is -1.24. The number of β-lactam (4-membered cyclic amide) rings is 1. The van der Waals surface area contributed by atoms with Gasteiger partial charge < -0.3 is 15.5 Å². The maximum atomic E-state index is 12.8. The molecule has 174 valence electrons. The van der Waals surface area contributed by atoms with E-state index in [9.17, 15) is 29.4 Å².